The Labute approximate surface area is 145 Å². The second-order valence-corrected chi connectivity index (χ2v) is 5.97. The molecule has 0 unspecified atom stereocenters. The number of benzene rings is 2. The van der Waals surface area contributed by atoms with Crippen molar-refractivity contribution in [2.24, 2.45) is 0 Å². The van der Waals surface area contributed by atoms with E-state index in [0.29, 0.717) is 48.9 Å². The molecule has 5 nitrogen and oxygen atoms in total. The molecular formula is C20H19NO4. The lowest BCUT2D eigenvalue weighted by molar-refractivity contribution is 0.121. The Balaban J connectivity index is 1.87. The van der Waals surface area contributed by atoms with Crippen LogP contribution in [0.5, 0.6) is 5.75 Å². The largest absolute Gasteiger partial charge is 0.493 e. The van der Waals surface area contributed by atoms with Gasteiger partial charge >= 0.3 is 0 Å². The van der Waals surface area contributed by atoms with Crippen LogP contribution in [0.25, 0.3) is 22.1 Å². The third-order valence-electron chi connectivity index (χ3n) is 4.43. The Morgan fingerprint density at radius 3 is 2.48 bits per heavy atom. The van der Waals surface area contributed by atoms with E-state index in [1.165, 1.54) is 0 Å². The van der Waals surface area contributed by atoms with Crippen molar-refractivity contribution in [3.05, 3.63) is 58.8 Å². The molecule has 1 fully saturated rings. The standard InChI is InChI=1S/C20H19NO4/c1-23-18-12-15(14-5-3-2-4-6-14)11-16-17(22)13-19(25-20(16)18)21-7-9-24-10-8-21/h2-6,11-13H,7-10H2,1H3. The first-order valence-electron chi connectivity index (χ1n) is 8.30. The van der Waals surface area contributed by atoms with E-state index in [1.807, 2.05) is 47.4 Å². The molecule has 25 heavy (non-hydrogen) atoms. The Morgan fingerprint density at radius 1 is 1.00 bits per heavy atom. The number of nitrogens with zero attached hydrogens (tertiary/aromatic N) is 1. The van der Waals surface area contributed by atoms with E-state index in [9.17, 15) is 4.79 Å². The zero-order chi connectivity index (χ0) is 17.2. The van der Waals surface area contributed by atoms with Gasteiger partial charge in [-0.3, -0.25) is 4.79 Å². The van der Waals surface area contributed by atoms with Crippen molar-refractivity contribution in [3.8, 4) is 16.9 Å². The summed E-state index contributed by atoms with van der Waals surface area (Å²) in [5.74, 6) is 1.12. The monoisotopic (exact) mass is 337 g/mol. The number of anilines is 1. The van der Waals surface area contributed by atoms with Crippen LogP contribution in [-0.4, -0.2) is 33.4 Å². The first kappa shape index (κ1) is 15.7. The molecule has 3 aromatic rings. The molecular weight excluding hydrogens is 318 g/mol. The summed E-state index contributed by atoms with van der Waals surface area (Å²) in [5.41, 5.74) is 2.37. The van der Waals surface area contributed by atoms with Crippen LogP contribution < -0.4 is 15.1 Å². The van der Waals surface area contributed by atoms with Gasteiger partial charge in [-0.1, -0.05) is 30.3 Å². The maximum atomic E-state index is 12.7. The molecule has 0 aliphatic carbocycles. The van der Waals surface area contributed by atoms with Crippen LogP contribution in [0.1, 0.15) is 0 Å². The average Bonchev–Trinajstić information content (AvgIpc) is 2.68. The van der Waals surface area contributed by atoms with E-state index < -0.39 is 0 Å². The summed E-state index contributed by atoms with van der Waals surface area (Å²) in [6, 6.07) is 15.2. The van der Waals surface area contributed by atoms with Crippen LogP contribution in [0.2, 0.25) is 0 Å². The average molecular weight is 337 g/mol. The predicted octanol–water partition coefficient (Wildman–Crippen LogP) is 3.31. The second kappa shape index (κ2) is 6.61. The van der Waals surface area contributed by atoms with Crippen LogP contribution in [0.15, 0.2) is 57.7 Å². The minimum absolute atomic E-state index is 0.0705. The molecule has 0 saturated carbocycles. The molecule has 0 radical (unpaired) electrons. The van der Waals surface area contributed by atoms with Crippen molar-refractivity contribution < 1.29 is 13.9 Å². The number of rotatable bonds is 3. The van der Waals surface area contributed by atoms with Gasteiger partial charge in [0.05, 0.1) is 25.7 Å². The summed E-state index contributed by atoms with van der Waals surface area (Å²) >= 11 is 0. The summed E-state index contributed by atoms with van der Waals surface area (Å²) in [6.45, 7) is 2.68. The van der Waals surface area contributed by atoms with Gasteiger partial charge in [0.1, 0.15) is 0 Å². The molecule has 1 aromatic heterocycles. The first-order chi connectivity index (χ1) is 12.3. The highest BCUT2D eigenvalue weighted by molar-refractivity contribution is 5.89. The van der Waals surface area contributed by atoms with Gasteiger partial charge in [-0.2, -0.15) is 0 Å². The topological polar surface area (TPSA) is 51.9 Å². The molecule has 2 heterocycles. The lowest BCUT2D eigenvalue weighted by Gasteiger charge is -2.27. The van der Waals surface area contributed by atoms with E-state index in [0.717, 1.165) is 11.1 Å². The van der Waals surface area contributed by atoms with Gasteiger partial charge in [0.25, 0.3) is 0 Å². The van der Waals surface area contributed by atoms with Crippen LogP contribution in [0.4, 0.5) is 5.88 Å². The normalized spacial score (nSPS) is 14.7. The summed E-state index contributed by atoms with van der Waals surface area (Å²) in [6.07, 6.45) is 0. The van der Waals surface area contributed by atoms with E-state index in [-0.39, 0.29) is 5.43 Å². The zero-order valence-electron chi connectivity index (χ0n) is 14.0. The fraction of sp³-hybridized carbons (Fsp3) is 0.250. The van der Waals surface area contributed by atoms with Crippen molar-refractivity contribution in [1.82, 2.24) is 0 Å². The fourth-order valence-electron chi connectivity index (χ4n) is 3.10. The predicted molar refractivity (Wildman–Crippen MR) is 97.5 cm³/mol. The summed E-state index contributed by atoms with van der Waals surface area (Å²) in [5, 5.41) is 0.523. The van der Waals surface area contributed by atoms with E-state index >= 15 is 0 Å². The first-order valence-corrected chi connectivity index (χ1v) is 8.30. The molecule has 0 atom stereocenters. The Morgan fingerprint density at radius 2 is 1.76 bits per heavy atom. The lowest BCUT2D eigenvalue weighted by atomic mass is 10.0. The highest BCUT2D eigenvalue weighted by Gasteiger charge is 2.18. The van der Waals surface area contributed by atoms with Crippen LogP contribution in [0.3, 0.4) is 0 Å². The summed E-state index contributed by atoms with van der Waals surface area (Å²) in [4.78, 5) is 14.7. The second-order valence-electron chi connectivity index (χ2n) is 5.97. The Bertz CT molecular complexity index is 943. The van der Waals surface area contributed by atoms with Crippen molar-refractivity contribution in [1.29, 1.82) is 0 Å². The Kier molecular flexibility index (Phi) is 4.15. The van der Waals surface area contributed by atoms with Gasteiger partial charge in [-0.15, -0.1) is 0 Å². The van der Waals surface area contributed by atoms with Gasteiger partial charge in [0.15, 0.2) is 22.6 Å². The highest BCUT2D eigenvalue weighted by Crippen LogP contribution is 2.33. The van der Waals surface area contributed by atoms with E-state index in [4.69, 9.17) is 13.9 Å². The summed E-state index contributed by atoms with van der Waals surface area (Å²) in [7, 11) is 1.59. The maximum Gasteiger partial charge on any atom is 0.200 e. The summed E-state index contributed by atoms with van der Waals surface area (Å²) < 4.78 is 16.9. The molecule has 1 aliphatic heterocycles. The fourth-order valence-corrected chi connectivity index (χ4v) is 3.10. The van der Waals surface area contributed by atoms with Crippen molar-refractivity contribution in [2.75, 3.05) is 38.3 Å². The molecule has 5 heteroatoms. The molecule has 1 aliphatic rings. The lowest BCUT2D eigenvalue weighted by Crippen LogP contribution is -2.36. The molecule has 4 rings (SSSR count). The third-order valence-corrected chi connectivity index (χ3v) is 4.43. The number of ether oxygens (including phenoxy) is 2. The van der Waals surface area contributed by atoms with E-state index in [1.54, 1.807) is 13.2 Å². The number of methoxy groups -OCH3 is 1. The van der Waals surface area contributed by atoms with Gasteiger partial charge < -0.3 is 18.8 Å². The zero-order valence-corrected chi connectivity index (χ0v) is 14.0. The van der Waals surface area contributed by atoms with Gasteiger partial charge in [0.2, 0.25) is 0 Å². The molecule has 128 valence electrons. The van der Waals surface area contributed by atoms with Gasteiger partial charge in [-0.05, 0) is 23.3 Å². The SMILES string of the molecule is COc1cc(-c2ccccc2)cc2c(=O)cc(N3CCOCC3)oc12. The Hall–Kier alpha value is -2.79. The number of hydrogen-bond donors (Lipinski definition) is 0. The molecule has 0 spiro atoms. The van der Waals surface area contributed by atoms with Crippen molar-refractivity contribution in [2.45, 2.75) is 0 Å². The van der Waals surface area contributed by atoms with Crippen molar-refractivity contribution in [3.63, 3.8) is 0 Å². The highest BCUT2D eigenvalue weighted by atomic mass is 16.5. The molecule has 0 N–H and O–H groups in total. The molecule has 0 bridgehead atoms. The van der Waals surface area contributed by atoms with Gasteiger partial charge in [0, 0.05) is 19.2 Å². The van der Waals surface area contributed by atoms with Crippen LogP contribution in [-0.2, 0) is 4.74 Å². The van der Waals surface area contributed by atoms with Crippen molar-refractivity contribution >= 4 is 16.9 Å². The smallest absolute Gasteiger partial charge is 0.200 e. The van der Waals surface area contributed by atoms with Crippen LogP contribution >= 0.6 is 0 Å². The number of hydrogen-bond acceptors (Lipinski definition) is 5. The van der Waals surface area contributed by atoms with Gasteiger partial charge in [-0.25, -0.2) is 0 Å². The number of fused-ring (bicyclic) bond motifs is 1. The third kappa shape index (κ3) is 2.98. The molecule has 0 amide bonds. The molecule has 1 saturated heterocycles. The minimum Gasteiger partial charge on any atom is -0.493 e. The minimum atomic E-state index is -0.0705. The number of morpholine rings is 1. The maximum absolute atomic E-state index is 12.7. The van der Waals surface area contributed by atoms with E-state index in [2.05, 4.69) is 0 Å². The van der Waals surface area contributed by atoms with Crippen LogP contribution in [0, 0.1) is 0 Å². The quantitative estimate of drug-likeness (QED) is 0.734. The molecule has 2 aromatic carbocycles.